The Morgan fingerprint density at radius 2 is 1.80 bits per heavy atom. The number of nitrogens with one attached hydrogen (secondary N) is 2. The Balaban J connectivity index is 2.13. The number of hydrogen-bond acceptors (Lipinski definition) is 3. The van der Waals surface area contributed by atoms with Crippen molar-refractivity contribution in [2.24, 2.45) is 5.92 Å². The lowest BCUT2D eigenvalue weighted by Gasteiger charge is -2.15. The standard InChI is InChI=1S/C20H24N2O3/c1-3-15(4-2)14-21-20(24)18(13-17-11-8-12-25-17)22-19(23)16-9-6-5-7-10-16/h5-13,15H,3-4,14H2,1-2H3,(H,21,24)(H,22,23)/b18-13-. The van der Waals surface area contributed by atoms with E-state index in [1.54, 1.807) is 36.4 Å². The van der Waals surface area contributed by atoms with Crippen molar-refractivity contribution in [3.8, 4) is 0 Å². The van der Waals surface area contributed by atoms with Crippen molar-refractivity contribution in [2.75, 3.05) is 6.54 Å². The number of carbonyl (C=O) groups excluding carboxylic acids is 2. The average molecular weight is 340 g/mol. The van der Waals surface area contributed by atoms with Crippen LogP contribution in [0.2, 0.25) is 0 Å². The van der Waals surface area contributed by atoms with Crippen molar-refractivity contribution < 1.29 is 14.0 Å². The minimum Gasteiger partial charge on any atom is -0.465 e. The van der Waals surface area contributed by atoms with Crippen molar-refractivity contribution >= 4 is 17.9 Å². The van der Waals surface area contributed by atoms with Crippen molar-refractivity contribution in [2.45, 2.75) is 26.7 Å². The third-order valence-electron chi connectivity index (χ3n) is 4.06. The van der Waals surface area contributed by atoms with Crippen LogP contribution in [0.1, 0.15) is 42.8 Å². The van der Waals surface area contributed by atoms with E-state index in [4.69, 9.17) is 4.42 Å². The van der Waals surface area contributed by atoms with Gasteiger partial charge in [-0.15, -0.1) is 0 Å². The van der Waals surface area contributed by atoms with E-state index in [0.29, 0.717) is 23.8 Å². The van der Waals surface area contributed by atoms with Gasteiger partial charge in [-0.2, -0.15) is 0 Å². The molecular formula is C20H24N2O3. The quantitative estimate of drug-likeness (QED) is 0.721. The second kappa shape index (κ2) is 9.47. The van der Waals surface area contributed by atoms with Gasteiger partial charge in [0, 0.05) is 18.2 Å². The van der Waals surface area contributed by atoms with Crippen LogP contribution in [-0.4, -0.2) is 18.4 Å². The van der Waals surface area contributed by atoms with Crippen molar-refractivity contribution in [3.63, 3.8) is 0 Å². The molecule has 1 aromatic carbocycles. The van der Waals surface area contributed by atoms with E-state index in [9.17, 15) is 9.59 Å². The zero-order valence-electron chi connectivity index (χ0n) is 14.6. The van der Waals surface area contributed by atoms with Crippen molar-refractivity contribution in [1.29, 1.82) is 0 Å². The largest absolute Gasteiger partial charge is 0.465 e. The second-order valence-corrected chi connectivity index (χ2v) is 5.79. The molecule has 5 nitrogen and oxygen atoms in total. The van der Waals surface area contributed by atoms with Crippen molar-refractivity contribution in [1.82, 2.24) is 10.6 Å². The summed E-state index contributed by atoms with van der Waals surface area (Å²) in [5.74, 6) is 0.253. The predicted octanol–water partition coefficient (Wildman–Crippen LogP) is 3.60. The van der Waals surface area contributed by atoms with Crippen LogP contribution in [0.25, 0.3) is 6.08 Å². The van der Waals surface area contributed by atoms with Gasteiger partial charge in [0.15, 0.2) is 0 Å². The lowest BCUT2D eigenvalue weighted by Crippen LogP contribution is -2.37. The zero-order chi connectivity index (χ0) is 18.1. The molecule has 1 aromatic heterocycles. The fourth-order valence-electron chi connectivity index (χ4n) is 2.37. The first-order valence-corrected chi connectivity index (χ1v) is 8.53. The van der Waals surface area contributed by atoms with Crippen LogP contribution in [0.4, 0.5) is 0 Å². The summed E-state index contributed by atoms with van der Waals surface area (Å²) < 4.78 is 5.26. The van der Waals surface area contributed by atoms with E-state index in [1.807, 2.05) is 6.07 Å². The molecule has 0 fully saturated rings. The van der Waals surface area contributed by atoms with Gasteiger partial charge in [0.05, 0.1) is 6.26 Å². The molecular weight excluding hydrogens is 316 g/mol. The molecule has 2 rings (SSSR count). The summed E-state index contributed by atoms with van der Waals surface area (Å²) in [5.41, 5.74) is 0.649. The van der Waals surface area contributed by atoms with Crippen LogP contribution in [0.15, 0.2) is 58.8 Å². The molecule has 0 aliphatic rings. The predicted molar refractivity (Wildman–Crippen MR) is 97.7 cm³/mol. The highest BCUT2D eigenvalue weighted by Crippen LogP contribution is 2.09. The summed E-state index contributed by atoms with van der Waals surface area (Å²) in [4.78, 5) is 24.9. The molecule has 0 unspecified atom stereocenters. The number of hydrogen-bond donors (Lipinski definition) is 2. The number of amides is 2. The highest BCUT2D eigenvalue weighted by Gasteiger charge is 2.16. The highest BCUT2D eigenvalue weighted by molar-refractivity contribution is 6.05. The number of furan rings is 1. The summed E-state index contributed by atoms with van der Waals surface area (Å²) in [6.07, 6.45) is 5.03. The Morgan fingerprint density at radius 1 is 1.08 bits per heavy atom. The van der Waals surface area contributed by atoms with Crippen molar-refractivity contribution in [3.05, 3.63) is 65.7 Å². The normalized spacial score (nSPS) is 11.4. The number of benzene rings is 1. The van der Waals surface area contributed by atoms with Gasteiger partial charge in [-0.1, -0.05) is 44.9 Å². The molecule has 0 bridgehead atoms. The van der Waals surface area contributed by atoms with E-state index in [-0.39, 0.29) is 17.5 Å². The summed E-state index contributed by atoms with van der Waals surface area (Å²) in [7, 11) is 0. The first-order valence-electron chi connectivity index (χ1n) is 8.53. The van der Waals surface area contributed by atoms with Gasteiger partial charge in [0.25, 0.3) is 11.8 Å². The summed E-state index contributed by atoms with van der Waals surface area (Å²) in [6.45, 7) is 4.76. The Kier molecular flexibility index (Phi) is 7.01. The Bertz CT molecular complexity index is 702. The van der Waals surface area contributed by atoms with Gasteiger partial charge in [-0.25, -0.2) is 0 Å². The Hall–Kier alpha value is -2.82. The lowest BCUT2D eigenvalue weighted by atomic mass is 10.0. The van der Waals surface area contributed by atoms with Crippen LogP contribution in [-0.2, 0) is 4.79 Å². The minimum absolute atomic E-state index is 0.162. The molecule has 0 spiro atoms. The Morgan fingerprint density at radius 3 is 2.40 bits per heavy atom. The van der Waals surface area contributed by atoms with Crippen LogP contribution >= 0.6 is 0 Å². The van der Waals surface area contributed by atoms with Gasteiger partial charge in [-0.05, 0) is 30.2 Å². The van der Waals surface area contributed by atoms with Gasteiger partial charge in [0.2, 0.25) is 0 Å². The fraction of sp³-hybridized carbons (Fsp3) is 0.300. The Labute approximate surface area is 148 Å². The summed E-state index contributed by atoms with van der Waals surface area (Å²) in [5, 5.41) is 5.57. The third-order valence-corrected chi connectivity index (χ3v) is 4.06. The maximum absolute atomic E-state index is 12.5. The maximum Gasteiger partial charge on any atom is 0.267 e. The summed E-state index contributed by atoms with van der Waals surface area (Å²) in [6, 6.07) is 12.2. The van der Waals surface area contributed by atoms with Gasteiger partial charge >= 0.3 is 0 Å². The van der Waals surface area contributed by atoms with Gasteiger partial charge in [-0.3, -0.25) is 9.59 Å². The molecule has 2 aromatic rings. The molecule has 0 radical (unpaired) electrons. The molecule has 0 saturated heterocycles. The van der Waals surface area contributed by atoms with Crippen LogP contribution in [0.5, 0.6) is 0 Å². The fourth-order valence-corrected chi connectivity index (χ4v) is 2.37. The van der Waals surface area contributed by atoms with Gasteiger partial charge in [0.1, 0.15) is 11.5 Å². The molecule has 5 heteroatoms. The minimum atomic E-state index is -0.337. The molecule has 25 heavy (non-hydrogen) atoms. The maximum atomic E-state index is 12.5. The molecule has 0 saturated carbocycles. The van der Waals surface area contributed by atoms with Crippen LogP contribution < -0.4 is 10.6 Å². The first kappa shape index (κ1) is 18.5. The smallest absolute Gasteiger partial charge is 0.267 e. The highest BCUT2D eigenvalue weighted by atomic mass is 16.3. The van der Waals surface area contributed by atoms with Gasteiger partial charge < -0.3 is 15.1 Å². The topological polar surface area (TPSA) is 71.3 Å². The molecule has 1 heterocycles. The van der Waals surface area contributed by atoms with E-state index >= 15 is 0 Å². The van der Waals surface area contributed by atoms with E-state index in [1.165, 1.54) is 12.3 Å². The van der Waals surface area contributed by atoms with E-state index in [2.05, 4.69) is 24.5 Å². The molecule has 2 amide bonds. The lowest BCUT2D eigenvalue weighted by molar-refractivity contribution is -0.117. The van der Waals surface area contributed by atoms with Crippen LogP contribution in [0.3, 0.4) is 0 Å². The zero-order valence-corrected chi connectivity index (χ0v) is 14.6. The van der Waals surface area contributed by atoms with E-state index < -0.39 is 0 Å². The molecule has 2 N–H and O–H groups in total. The third kappa shape index (κ3) is 5.64. The number of rotatable bonds is 8. The summed E-state index contributed by atoms with van der Waals surface area (Å²) >= 11 is 0. The molecule has 0 aliphatic carbocycles. The van der Waals surface area contributed by atoms with E-state index in [0.717, 1.165) is 12.8 Å². The first-order chi connectivity index (χ1) is 12.1. The van der Waals surface area contributed by atoms with Crippen LogP contribution in [0, 0.1) is 5.92 Å². The molecule has 0 atom stereocenters. The average Bonchev–Trinajstić information content (AvgIpc) is 3.15. The number of carbonyl (C=O) groups is 2. The molecule has 132 valence electrons. The molecule has 0 aliphatic heterocycles. The monoisotopic (exact) mass is 340 g/mol. The SMILES string of the molecule is CCC(CC)CNC(=O)/C(=C/c1ccco1)NC(=O)c1ccccc1. The second-order valence-electron chi connectivity index (χ2n) is 5.79.